The fraction of sp³-hybridized carbons (Fsp3) is 0.571. The lowest BCUT2D eigenvalue weighted by molar-refractivity contribution is -0.106. The molecule has 0 aliphatic heterocycles. The van der Waals surface area contributed by atoms with Gasteiger partial charge in [-0.3, -0.25) is 4.79 Å². The highest BCUT2D eigenvalue weighted by atomic mass is 31.1. The summed E-state index contributed by atoms with van der Waals surface area (Å²) in [6.45, 7) is 5.74. The van der Waals surface area contributed by atoms with E-state index in [-0.39, 0.29) is 18.3 Å². The topological polar surface area (TPSA) is 78.6 Å². The molecule has 6 heteroatoms. The lowest BCUT2D eigenvalue weighted by atomic mass is 10.2. The number of nitrogens with two attached hydrogens (primary N) is 1. The molecule has 0 amide bonds. The fourth-order valence-electron chi connectivity index (χ4n) is 0.439. The summed E-state index contributed by atoms with van der Waals surface area (Å²) in [4.78, 5) is 10.0. The van der Waals surface area contributed by atoms with Crippen LogP contribution in [0.15, 0.2) is 12.3 Å². The van der Waals surface area contributed by atoms with E-state index in [1.54, 1.807) is 0 Å². The SMILES string of the molecule is C=C(C=O)O[PH](=O)OCC(C)CN. The Morgan fingerprint density at radius 2 is 2.38 bits per heavy atom. The minimum absolute atomic E-state index is 0.113. The zero-order valence-corrected chi connectivity index (χ0v) is 8.49. The van der Waals surface area contributed by atoms with E-state index in [2.05, 4.69) is 11.1 Å². The predicted octanol–water partition coefficient (Wildman–Crippen LogP) is 0.717. The van der Waals surface area contributed by atoms with Crippen LogP contribution in [0, 0.1) is 5.92 Å². The van der Waals surface area contributed by atoms with Crippen LogP contribution >= 0.6 is 8.25 Å². The van der Waals surface area contributed by atoms with Crippen LogP contribution in [0.25, 0.3) is 0 Å². The van der Waals surface area contributed by atoms with E-state index in [0.717, 1.165) is 0 Å². The van der Waals surface area contributed by atoms with Crippen molar-refractivity contribution in [2.45, 2.75) is 6.92 Å². The van der Waals surface area contributed by atoms with Crippen molar-refractivity contribution in [1.82, 2.24) is 0 Å². The smallest absolute Gasteiger partial charge is 0.367 e. The van der Waals surface area contributed by atoms with Gasteiger partial charge < -0.3 is 14.8 Å². The number of allylic oxidation sites excluding steroid dienone is 1. The third-order valence-electron chi connectivity index (χ3n) is 1.23. The maximum absolute atomic E-state index is 10.9. The molecule has 13 heavy (non-hydrogen) atoms. The number of hydrogen-bond acceptors (Lipinski definition) is 5. The Morgan fingerprint density at radius 1 is 1.77 bits per heavy atom. The van der Waals surface area contributed by atoms with Gasteiger partial charge in [-0.25, -0.2) is 4.57 Å². The molecule has 0 fully saturated rings. The largest absolute Gasteiger partial charge is 0.423 e. The van der Waals surface area contributed by atoms with Crippen LogP contribution in [0.5, 0.6) is 0 Å². The second-order valence-corrected chi connectivity index (χ2v) is 3.58. The Labute approximate surface area is 77.8 Å². The van der Waals surface area contributed by atoms with E-state index < -0.39 is 8.25 Å². The average Bonchev–Trinajstić information content (AvgIpc) is 2.13. The predicted molar refractivity (Wildman–Crippen MR) is 49.5 cm³/mol. The summed E-state index contributed by atoms with van der Waals surface area (Å²) >= 11 is 0. The summed E-state index contributed by atoms with van der Waals surface area (Å²) in [5, 5.41) is 0. The molecular formula is C7H14NO4P. The van der Waals surface area contributed by atoms with Crippen molar-refractivity contribution in [3.63, 3.8) is 0 Å². The second-order valence-electron chi connectivity index (χ2n) is 2.59. The highest BCUT2D eigenvalue weighted by molar-refractivity contribution is 7.33. The molecule has 0 bridgehead atoms. The van der Waals surface area contributed by atoms with Gasteiger partial charge in [-0.05, 0) is 12.5 Å². The zero-order valence-electron chi connectivity index (χ0n) is 7.49. The minimum atomic E-state index is -2.64. The molecule has 0 aromatic carbocycles. The quantitative estimate of drug-likeness (QED) is 0.288. The number of carbonyl (C=O) groups excluding carboxylic acids is 1. The summed E-state index contributed by atoms with van der Waals surface area (Å²) in [6, 6.07) is 0. The Morgan fingerprint density at radius 3 is 2.85 bits per heavy atom. The summed E-state index contributed by atoms with van der Waals surface area (Å²) in [5.74, 6) is -0.0775. The molecule has 0 aliphatic rings. The van der Waals surface area contributed by atoms with Crippen molar-refractivity contribution in [2.24, 2.45) is 11.7 Å². The summed E-state index contributed by atoms with van der Waals surface area (Å²) < 4.78 is 20.2. The zero-order chi connectivity index (χ0) is 10.3. The molecule has 2 atom stereocenters. The van der Waals surface area contributed by atoms with Crippen LogP contribution in [0.4, 0.5) is 0 Å². The van der Waals surface area contributed by atoms with Crippen molar-refractivity contribution < 1.29 is 18.4 Å². The van der Waals surface area contributed by atoms with Gasteiger partial charge in [-0.1, -0.05) is 13.5 Å². The van der Waals surface area contributed by atoms with Gasteiger partial charge in [-0.15, -0.1) is 0 Å². The van der Waals surface area contributed by atoms with Crippen molar-refractivity contribution in [1.29, 1.82) is 0 Å². The van der Waals surface area contributed by atoms with Crippen molar-refractivity contribution in [2.75, 3.05) is 13.2 Å². The first-order valence-electron chi connectivity index (χ1n) is 3.79. The van der Waals surface area contributed by atoms with E-state index in [0.29, 0.717) is 12.8 Å². The minimum Gasteiger partial charge on any atom is -0.423 e. The number of carbonyl (C=O) groups is 1. The summed E-state index contributed by atoms with van der Waals surface area (Å²) in [7, 11) is -2.64. The van der Waals surface area contributed by atoms with Crippen LogP contribution < -0.4 is 5.73 Å². The van der Waals surface area contributed by atoms with Gasteiger partial charge in [0.15, 0.2) is 12.0 Å². The van der Waals surface area contributed by atoms with Gasteiger partial charge in [0.1, 0.15) is 0 Å². The van der Waals surface area contributed by atoms with Gasteiger partial charge in [0.2, 0.25) is 0 Å². The molecule has 0 aromatic heterocycles. The van der Waals surface area contributed by atoms with Crippen LogP contribution in [0.2, 0.25) is 0 Å². The molecule has 2 unspecified atom stereocenters. The molecule has 0 spiro atoms. The molecule has 0 saturated carbocycles. The Kier molecular flexibility index (Phi) is 6.49. The Bertz CT molecular complexity index is 207. The number of rotatable bonds is 7. The van der Waals surface area contributed by atoms with E-state index in [1.807, 2.05) is 6.92 Å². The number of aldehydes is 1. The first kappa shape index (κ1) is 12.4. The van der Waals surface area contributed by atoms with Gasteiger partial charge in [0.05, 0.1) is 6.61 Å². The van der Waals surface area contributed by atoms with Gasteiger partial charge in [0.25, 0.3) is 0 Å². The van der Waals surface area contributed by atoms with E-state index in [1.165, 1.54) is 0 Å². The molecule has 0 radical (unpaired) electrons. The third kappa shape index (κ3) is 6.51. The standard InChI is InChI=1S/C7H14NO4P/c1-6(3-8)5-11-13(10)12-7(2)4-9/h4,6,13H,2-3,5,8H2,1H3. The monoisotopic (exact) mass is 207 g/mol. The first-order chi connectivity index (χ1) is 6.10. The van der Waals surface area contributed by atoms with Crippen molar-refractivity contribution >= 4 is 14.5 Å². The van der Waals surface area contributed by atoms with E-state index >= 15 is 0 Å². The number of hydrogen-bond donors (Lipinski definition) is 1. The van der Waals surface area contributed by atoms with Crippen LogP contribution in [0.3, 0.4) is 0 Å². The summed E-state index contributed by atoms with van der Waals surface area (Å²) in [5.41, 5.74) is 5.30. The molecule has 0 aromatic rings. The van der Waals surface area contributed by atoms with Crippen molar-refractivity contribution in [3.05, 3.63) is 12.3 Å². The highest BCUT2D eigenvalue weighted by Gasteiger charge is 2.05. The molecule has 2 N–H and O–H groups in total. The normalized spacial score (nSPS) is 14.6. The van der Waals surface area contributed by atoms with Crippen LogP contribution in [-0.4, -0.2) is 19.4 Å². The Balaban J connectivity index is 3.63. The van der Waals surface area contributed by atoms with Gasteiger partial charge >= 0.3 is 8.25 Å². The Hall–Kier alpha value is -0.640. The molecule has 0 heterocycles. The maximum atomic E-state index is 10.9. The van der Waals surface area contributed by atoms with Gasteiger partial charge in [0, 0.05) is 0 Å². The lowest BCUT2D eigenvalue weighted by Gasteiger charge is -2.09. The van der Waals surface area contributed by atoms with E-state index in [9.17, 15) is 9.36 Å². The van der Waals surface area contributed by atoms with E-state index in [4.69, 9.17) is 10.3 Å². The van der Waals surface area contributed by atoms with Gasteiger partial charge in [-0.2, -0.15) is 0 Å². The second kappa shape index (κ2) is 6.83. The first-order valence-corrected chi connectivity index (χ1v) is 5.01. The van der Waals surface area contributed by atoms with Crippen LogP contribution in [-0.2, 0) is 18.4 Å². The molecule has 0 saturated heterocycles. The molecule has 76 valence electrons. The molecular weight excluding hydrogens is 193 g/mol. The van der Waals surface area contributed by atoms with Crippen LogP contribution in [0.1, 0.15) is 6.92 Å². The highest BCUT2D eigenvalue weighted by Crippen LogP contribution is 2.26. The fourth-order valence-corrected chi connectivity index (χ4v) is 1.18. The molecule has 0 aliphatic carbocycles. The summed E-state index contributed by atoms with van der Waals surface area (Å²) in [6.07, 6.45) is 0.373. The lowest BCUT2D eigenvalue weighted by Crippen LogP contribution is -2.15. The van der Waals surface area contributed by atoms with Crippen molar-refractivity contribution in [3.8, 4) is 0 Å². The molecule has 0 rings (SSSR count). The maximum Gasteiger partial charge on any atom is 0.367 e. The third-order valence-corrected chi connectivity index (χ3v) is 2.07. The average molecular weight is 207 g/mol. The molecule has 5 nitrogen and oxygen atoms in total.